The van der Waals surface area contributed by atoms with Crippen LogP contribution in [0.5, 0.6) is 0 Å². The molecule has 6 heteroatoms. The van der Waals surface area contributed by atoms with Crippen molar-refractivity contribution in [3.05, 3.63) is 35.2 Å². The predicted molar refractivity (Wildman–Crippen MR) is 90.7 cm³/mol. The Morgan fingerprint density at radius 3 is 2.90 bits per heavy atom. The van der Waals surface area contributed by atoms with Crippen molar-refractivity contribution in [1.82, 2.24) is 15.5 Å². The van der Waals surface area contributed by atoms with Crippen LogP contribution < -0.4 is 10.6 Å². The van der Waals surface area contributed by atoms with Crippen LogP contribution >= 0.6 is 23.7 Å². The van der Waals surface area contributed by atoms with Crippen LogP contribution in [0.4, 0.5) is 0 Å². The number of rotatable bonds is 4. The van der Waals surface area contributed by atoms with E-state index in [1.807, 2.05) is 18.2 Å². The molecule has 2 heterocycles. The highest BCUT2D eigenvalue weighted by Crippen LogP contribution is 2.21. The summed E-state index contributed by atoms with van der Waals surface area (Å²) in [5.41, 5.74) is 0.746. The van der Waals surface area contributed by atoms with Gasteiger partial charge in [0.05, 0.1) is 0 Å². The summed E-state index contributed by atoms with van der Waals surface area (Å²) >= 11 is 1.70. The van der Waals surface area contributed by atoms with E-state index in [4.69, 9.17) is 0 Å². The van der Waals surface area contributed by atoms with Gasteiger partial charge in [0.25, 0.3) is 5.91 Å². The number of hydrogen-bond donors (Lipinski definition) is 2. The summed E-state index contributed by atoms with van der Waals surface area (Å²) < 4.78 is 1.22. The third-order valence-electron chi connectivity index (χ3n) is 3.64. The van der Waals surface area contributed by atoms with Crippen LogP contribution in [0, 0.1) is 0 Å². The van der Waals surface area contributed by atoms with Gasteiger partial charge >= 0.3 is 0 Å². The van der Waals surface area contributed by atoms with Gasteiger partial charge in [-0.05, 0) is 35.0 Å². The molecular weight excluding hydrogens is 306 g/mol. The first-order valence-corrected chi connectivity index (χ1v) is 7.89. The topological polar surface area (TPSA) is 44.4 Å². The van der Waals surface area contributed by atoms with E-state index >= 15 is 0 Å². The van der Waals surface area contributed by atoms with Crippen molar-refractivity contribution in [3.8, 4) is 0 Å². The lowest BCUT2D eigenvalue weighted by atomic mass is 10.1. The second-order valence-electron chi connectivity index (χ2n) is 5.02. The number of fused-ring (bicyclic) bond motifs is 1. The molecule has 1 aromatic heterocycles. The fourth-order valence-electron chi connectivity index (χ4n) is 2.47. The minimum Gasteiger partial charge on any atom is -0.351 e. The van der Waals surface area contributed by atoms with E-state index in [1.165, 1.54) is 4.70 Å². The van der Waals surface area contributed by atoms with Crippen molar-refractivity contribution in [1.29, 1.82) is 0 Å². The zero-order valence-electron chi connectivity index (χ0n) is 11.8. The largest absolute Gasteiger partial charge is 0.351 e. The van der Waals surface area contributed by atoms with Crippen LogP contribution in [0.2, 0.25) is 0 Å². The lowest BCUT2D eigenvalue weighted by Gasteiger charge is -2.27. The molecule has 1 fully saturated rings. The van der Waals surface area contributed by atoms with Crippen molar-refractivity contribution in [2.24, 2.45) is 0 Å². The molecule has 4 nitrogen and oxygen atoms in total. The number of carbonyl (C=O) groups excluding carboxylic acids is 1. The van der Waals surface area contributed by atoms with E-state index in [0.29, 0.717) is 6.54 Å². The highest BCUT2D eigenvalue weighted by atomic mass is 35.5. The van der Waals surface area contributed by atoms with Crippen molar-refractivity contribution >= 4 is 39.7 Å². The summed E-state index contributed by atoms with van der Waals surface area (Å²) in [5.74, 6) is 0.0215. The number of thiophene rings is 1. The molecular formula is C15H20ClN3OS. The van der Waals surface area contributed by atoms with E-state index in [-0.39, 0.29) is 18.3 Å². The van der Waals surface area contributed by atoms with Crippen LogP contribution in [-0.4, -0.2) is 50.1 Å². The van der Waals surface area contributed by atoms with Gasteiger partial charge in [0.2, 0.25) is 0 Å². The molecule has 0 bridgehead atoms. The van der Waals surface area contributed by atoms with E-state index < -0.39 is 0 Å². The number of hydrogen-bond acceptors (Lipinski definition) is 4. The minimum absolute atomic E-state index is 0. The third kappa shape index (κ3) is 4.17. The average Bonchev–Trinajstić information content (AvgIpc) is 2.95. The van der Waals surface area contributed by atoms with E-state index in [2.05, 4.69) is 27.0 Å². The van der Waals surface area contributed by atoms with Crippen molar-refractivity contribution in [3.63, 3.8) is 0 Å². The van der Waals surface area contributed by atoms with Gasteiger partial charge in [0, 0.05) is 49.5 Å². The number of nitrogens with one attached hydrogen (secondary N) is 2. The standard InChI is InChI=1S/C15H19N3OS.ClH/c19-15(17-6-9-18-7-4-16-5-8-18)13-1-2-14-12(11-13)3-10-20-14;/h1-3,10-11,16H,4-9H2,(H,17,19);1H. The molecule has 2 N–H and O–H groups in total. The molecule has 21 heavy (non-hydrogen) atoms. The van der Waals surface area contributed by atoms with Gasteiger partial charge in [0.15, 0.2) is 0 Å². The monoisotopic (exact) mass is 325 g/mol. The second-order valence-corrected chi connectivity index (χ2v) is 5.97. The lowest BCUT2D eigenvalue weighted by molar-refractivity contribution is 0.0947. The zero-order valence-corrected chi connectivity index (χ0v) is 13.4. The van der Waals surface area contributed by atoms with Crippen molar-refractivity contribution in [2.75, 3.05) is 39.3 Å². The van der Waals surface area contributed by atoms with Crippen LogP contribution in [0.25, 0.3) is 10.1 Å². The Kier molecular flexibility index (Phi) is 5.99. The Balaban J connectivity index is 0.00000161. The first kappa shape index (κ1) is 16.2. The highest BCUT2D eigenvalue weighted by Gasteiger charge is 2.10. The summed E-state index contributed by atoms with van der Waals surface area (Å²) in [5, 5.41) is 9.53. The number of amides is 1. The maximum absolute atomic E-state index is 12.1. The van der Waals surface area contributed by atoms with Gasteiger partial charge in [0.1, 0.15) is 0 Å². The van der Waals surface area contributed by atoms with E-state index in [0.717, 1.165) is 43.7 Å². The smallest absolute Gasteiger partial charge is 0.251 e. The summed E-state index contributed by atoms with van der Waals surface area (Å²) in [7, 11) is 0. The SMILES string of the molecule is Cl.O=C(NCCN1CCNCC1)c1ccc2sccc2c1. The molecule has 114 valence electrons. The summed E-state index contributed by atoms with van der Waals surface area (Å²) in [6, 6.07) is 7.94. The van der Waals surface area contributed by atoms with Gasteiger partial charge in [-0.3, -0.25) is 9.69 Å². The molecule has 1 saturated heterocycles. The Bertz CT molecular complexity index is 595. The zero-order chi connectivity index (χ0) is 13.8. The fraction of sp³-hybridized carbons (Fsp3) is 0.400. The van der Waals surface area contributed by atoms with Gasteiger partial charge in [-0.15, -0.1) is 23.7 Å². The van der Waals surface area contributed by atoms with Crippen LogP contribution in [0.15, 0.2) is 29.6 Å². The molecule has 0 radical (unpaired) electrons. The molecule has 1 aliphatic rings. The molecule has 0 spiro atoms. The number of nitrogens with zero attached hydrogens (tertiary/aromatic N) is 1. The molecule has 0 saturated carbocycles. The first-order chi connectivity index (χ1) is 9.83. The molecule has 2 aromatic rings. The summed E-state index contributed by atoms with van der Waals surface area (Å²) in [6.07, 6.45) is 0. The van der Waals surface area contributed by atoms with Gasteiger partial charge < -0.3 is 10.6 Å². The molecule has 3 rings (SSSR count). The van der Waals surface area contributed by atoms with Crippen LogP contribution in [0.3, 0.4) is 0 Å². The molecule has 0 atom stereocenters. The van der Waals surface area contributed by atoms with Crippen LogP contribution in [0.1, 0.15) is 10.4 Å². The Hall–Kier alpha value is -1.14. The third-order valence-corrected chi connectivity index (χ3v) is 4.54. The number of piperazine rings is 1. The van der Waals surface area contributed by atoms with Gasteiger partial charge in [-0.2, -0.15) is 0 Å². The molecule has 0 aliphatic carbocycles. The Morgan fingerprint density at radius 1 is 1.29 bits per heavy atom. The quantitative estimate of drug-likeness (QED) is 0.903. The average molecular weight is 326 g/mol. The molecule has 1 amide bonds. The Labute approximate surface area is 134 Å². The van der Waals surface area contributed by atoms with Gasteiger partial charge in [-0.1, -0.05) is 0 Å². The maximum Gasteiger partial charge on any atom is 0.251 e. The highest BCUT2D eigenvalue weighted by molar-refractivity contribution is 7.17. The predicted octanol–water partition coefficient (Wildman–Crippen LogP) is 1.96. The molecule has 0 unspecified atom stereocenters. The lowest BCUT2D eigenvalue weighted by Crippen LogP contribution is -2.46. The maximum atomic E-state index is 12.1. The number of carbonyl (C=O) groups is 1. The second kappa shape index (κ2) is 7.75. The summed E-state index contributed by atoms with van der Waals surface area (Å²) in [4.78, 5) is 14.5. The van der Waals surface area contributed by atoms with Gasteiger partial charge in [-0.25, -0.2) is 0 Å². The minimum atomic E-state index is 0. The summed E-state index contributed by atoms with van der Waals surface area (Å²) in [6.45, 7) is 5.85. The first-order valence-electron chi connectivity index (χ1n) is 7.01. The fourth-order valence-corrected chi connectivity index (χ4v) is 3.24. The Morgan fingerprint density at radius 2 is 2.10 bits per heavy atom. The van der Waals surface area contributed by atoms with E-state index in [1.54, 1.807) is 11.3 Å². The molecule has 1 aliphatic heterocycles. The number of benzene rings is 1. The number of halogens is 1. The normalized spacial score (nSPS) is 15.6. The van der Waals surface area contributed by atoms with Crippen molar-refractivity contribution < 1.29 is 4.79 Å². The van der Waals surface area contributed by atoms with E-state index in [9.17, 15) is 4.79 Å². The molecule has 1 aromatic carbocycles. The van der Waals surface area contributed by atoms with Crippen molar-refractivity contribution in [2.45, 2.75) is 0 Å². The van der Waals surface area contributed by atoms with Crippen LogP contribution in [-0.2, 0) is 0 Å².